The van der Waals surface area contributed by atoms with Crippen LogP contribution in [0.1, 0.15) is 46.0 Å². The Balaban J connectivity index is 1.62. The summed E-state index contributed by atoms with van der Waals surface area (Å²) >= 11 is 0. The van der Waals surface area contributed by atoms with Gasteiger partial charge in [-0.05, 0) is 50.6 Å². The Hall–Kier alpha value is -0.770. The van der Waals surface area contributed by atoms with Crippen molar-refractivity contribution in [1.82, 2.24) is 15.1 Å². The standard InChI is InChI=1S/C16H31N3O/c1-3-15-5-4-9-19(13-15)16(20)17-8-12-18-10-6-14(2)7-11-18/h14-15H,3-13H2,1-2H3,(H,17,20). The number of carbonyl (C=O) groups is 1. The molecule has 0 bridgehead atoms. The molecule has 0 aliphatic carbocycles. The molecule has 2 amide bonds. The lowest BCUT2D eigenvalue weighted by molar-refractivity contribution is 0.159. The minimum absolute atomic E-state index is 0.147. The van der Waals surface area contributed by atoms with Crippen LogP contribution in [0.25, 0.3) is 0 Å². The van der Waals surface area contributed by atoms with Crippen molar-refractivity contribution in [3.8, 4) is 0 Å². The maximum atomic E-state index is 12.1. The van der Waals surface area contributed by atoms with E-state index in [1.165, 1.54) is 38.8 Å². The van der Waals surface area contributed by atoms with E-state index in [2.05, 4.69) is 24.1 Å². The monoisotopic (exact) mass is 281 g/mol. The summed E-state index contributed by atoms with van der Waals surface area (Å²) < 4.78 is 0. The lowest BCUT2D eigenvalue weighted by atomic mass is 9.96. The molecule has 2 rings (SSSR count). The van der Waals surface area contributed by atoms with Gasteiger partial charge >= 0.3 is 6.03 Å². The zero-order valence-electron chi connectivity index (χ0n) is 13.2. The molecule has 116 valence electrons. The third-order valence-electron chi connectivity index (χ3n) is 4.96. The molecule has 0 radical (unpaired) electrons. The third-order valence-corrected chi connectivity index (χ3v) is 4.96. The SMILES string of the molecule is CCC1CCCN(C(=O)NCCN2CCC(C)CC2)C1. The fourth-order valence-electron chi connectivity index (χ4n) is 3.30. The lowest BCUT2D eigenvalue weighted by Crippen LogP contribution is -2.47. The zero-order valence-corrected chi connectivity index (χ0v) is 13.2. The van der Waals surface area contributed by atoms with Crippen LogP contribution in [-0.2, 0) is 0 Å². The van der Waals surface area contributed by atoms with Crippen LogP contribution in [0.5, 0.6) is 0 Å². The minimum Gasteiger partial charge on any atom is -0.337 e. The maximum absolute atomic E-state index is 12.1. The molecule has 1 N–H and O–H groups in total. The van der Waals surface area contributed by atoms with Crippen LogP contribution < -0.4 is 5.32 Å². The number of carbonyl (C=O) groups excluding carboxylic acids is 1. The zero-order chi connectivity index (χ0) is 14.4. The highest BCUT2D eigenvalue weighted by molar-refractivity contribution is 5.74. The van der Waals surface area contributed by atoms with E-state index >= 15 is 0 Å². The summed E-state index contributed by atoms with van der Waals surface area (Å²) in [4.78, 5) is 16.6. The fourth-order valence-corrected chi connectivity index (χ4v) is 3.30. The Morgan fingerprint density at radius 3 is 2.65 bits per heavy atom. The lowest BCUT2D eigenvalue weighted by Gasteiger charge is -2.33. The van der Waals surface area contributed by atoms with E-state index in [9.17, 15) is 4.79 Å². The Morgan fingerprint density at radius 1 is 1.20 bits per heavy atom. The van der Waals surface area contributed by atoms with Crippen LogP contribution in [0, 0.1) is 11.8 Å². The van der Waals surface area contributed by atoms with Crippen molar-refractivity contribution in [1.29, 1.82) is 0 Å². The predicted octanol–water partition coefficient (Wildman–Crippen LogP) is 2.55. The number of nitrogens with zero attached hydrogens (tertiary/aromatic N) is 2. The van der Waals surface area contributed by atoms with E-state index in [1.54, 1.807) is 0 Å². The molecule has 2 heterocycles. The normalized spacial score (nSPS) is 25.7. The molecule has 0 aromatic heterocycles. The van der Waals surface area contributed by atoms with E-state index in [-0.39, 0.29) is 6.03 Å². The van der Waals surface area contributed by atoms with Gasteiger partial charge in [0.25, 0.3) is 0 Å². The first-order chi connectivity index (χ1) is 9.69. The number of amides is 2. The maximum Gasteiger partial charge on any atom is 0.317 e. The number of piperidine rings is 2. The van der Waals surface area contributed by atoms with Crippen LogP contribution in [0.4, 0.5) is 4.79 Å². The van der Waals surface area contributed by atoms with Gasteiger partial charge < -0.3 is 15.1 Å². The van der Waals surface area contributed by atoms with Crippen LogP contribution in [-0.4, -0.2) is 55.1 Å². The Kier molecular flexibility index (Phi) is 6.14. The predicted molar refractivity (Wildman–Crippen MR) is 82.8 cm³/mol. The van der Waals surface area contributed by atoms with Crippen molar-refractivity contribution in [2.24, 2.45) is 11.8 Å². The van der Waals surface area contributed by atoms with Crippen LogP contribution in [0.3, 0.4) is 0 Å². The molecule has 1 unspecified atom stereocenters. The first-order valence-corrected chi connectivity index (χ1v) is 8.44. The van der Waals surface area contributed by atoms with Crippen molar-refractivity contribution >= 4 is 6.03 Å². The summed E-state index contributed by atoms with van der Waals surface area (Å²) in [6.45, 7) is 10.6. The van der Waals surface area contributed by atoms with E-state index in [0.717, 1.165) is 38.5 Å². The number of hydrogen-bond donors (Lipinski definition) is 1. The van der Waals surface area contributed by atoms with E-state index in [4.69, 9.17) is 0 Å². The second kappa shape index (κ2) is 7.87. The fraction of sp³-hybridized carbons (Fsp3) is 0.938. The van der Waals surface area contributed by atoms with Gasteiger partial charge in [-0.2, -0.15) is 0 Å². The van der Waals surface area contributed by atoms with Crippen LogP contribution in [0.2, 0.25) is 0 Å². The van der Waals surface area contributed by atoms with Gasteiger partial charge in [-0.25, -0.2) is 4.79 Å². The molecule has 2 aliphatic heterocycles. The molecule has 2 aliphatic rings. The number of rotatable bonds is 4. The van der Waals surface area contributed by atoms with Gasteiger partial charge in [-0.15, -0.1) is 0 Å². The molecule has 0 saturated carbocycles. The van der Waals surface area contributed by atoms with E-state index in [1.807, 2.05) is 4.90 Å². The number of hydrogen-bond acceptors (Lipinski definition) is 2. The first-order valence-electron chi connectivity index (χ1n) is 8.44. The molecule has 2 fully saturated rings. The molecular formula is C16H31N3O. The van der Waals surface area contributed by atoms with Crippen molar-refractivity contribution in [3.05, 3.63) is 0 Å². The summed E-state index contributed by atoms with van der Waals surface area (Å²) in [5.74, 6) is 1.58. The Morgan fingerprint density at radius 2 is 1.95 bits per heavy atom. The van der Waals surface area contributed by atoms with Crippen LogP contribution >= 0.6 is 0 Å². The minimum atomic E-state index is 0.147. The van der Waals surface area contributed by atoms with E-state index in [0.29, 0.717) is 5.92 Å². The topological polar surface area (TPSA) is 35.6 Å². The molecule has 2 saturated heterocycles. The van der Waals surface area contributed by atoms with Gasteiger partial charge in [-0.3, -0.25) is 0 Å². The summed E-state index contributed by atoms with van der Waals surface area (Å²) in [5, 5.41) is 3.10. The third kappa shape index (κ3) is 4.65. The molecule has 1 atom stereocenters. The molecule has 4 heteroatoms. The van der Waals surface area contributed by atoms with Crippen molar-refractivity contribution < 1.29 is 4.79 Å². The largest absolute Gasteiger partial charge is 0.337 e. The smallest absolute Gasteiger partial charge is 0.317 e. The number of urea groups is 1. The van der Waals surface area contributed by atoms with Crippen molar-refractivity contribution in [2.45, 2.75) is 46.0 Å². The van der Waals surface area contributed by atoms with Gasteiger partial charge in [0.1, 0.15) is 0 Å². The molecule has 4 nitrogen and oxygen atoms in total. The Labute approximate surface area is 123 Å². The summed E-state index contributed by atoms with van der Waals surface area (Å²) in [6, 6.07) is 0.147. The molecule has 0 spiro atoms. The second-order valence-electron chi connectivity index (χ2n) is 6.62. The highest BCUT2D eigenvalue weighted by Gasteiger charge is 2.22. The first kappa shape index (κ1) is 15.6. The van der Waals surface area contributed by atoms with E-state index < -0.39 is 0 Å². The molecule has 0 aromatic carbocycles. The number of nitrogens with one attached hydrogen (secondary N) is 1. The van der Waals surface area contributed by atoms with Gasteiger partial charge in [0.05, 0.1) is 0 Å². The highest BCUT2D eigenvalue weighted by Crippen LogP contribution is 2.19. The quantitative estimate of drug-likeness (QED) is 0.859. The second-order valence-corrected chi connectivity index (χ2v) is 6.62. The summed E-state index contributed by atoms with van der Waals surface area (Å²) in [6.07, 6.45) is 6.24. The van der Waals surface area contributed by atoms with Gasteiger partial charge in [0, 0.05) is 26.2 Å². The van der Waals surface area contributed by atoms with Gasteiger partial charge in [0.15, 0.2) is 0 Å². The molecule has 20 heavy (non-hydrogen) atoms. The summed E-state index contributed by atoms with van der Waals surface area (Å²) in [7, 11) is 0. The highest BCUT2D eigenvalue weighted by atomic mass is 16.2. The van der Waals surface area contributed by atoms with Crippen molar-refractivity contribution in [2.75, 3.05) is 39.3 Å². The average molecular weight is 281 g/mol. The van der Waals surface area contributed by atoms with Crippen molar-refractivity contribution in [3.63, 3.8) is 0 Å². The average Bonchev–Trinajstić information content (AvgIpc) is 2.49. The van der Waals surface area contributed by atoms with Gasteiger partial charge in [-0.1, -0.05) is 20.3 Å². The molecule has 0 aromatic rings. The number of likely N-dealkylation sites (tertiary alicyclic amines) is 2. The molecular weight excluding hydrogens is 250 g/mol. The van der Waals surface area contributed by atoms with Crippen LogP contribution in [0.15, 0.2) is 0 Å². The van der Waals surface area contributed by atoms with Gasteiger partial charge in [0.2, 0.25) is 0 Å². The summed E-state index contributed by atoms with van der Waals surface area (Å²) in [5.41, 5.74) is 0. The Bertz CT molecular complexity index is 300.